The molecule has 0 aromatic rings. The molecule has 0 radical (unpaired) electrons. The van der Waals surface area contributed by atoms with Crippen LogP contribution in [-0.2, 0) is 4.74 Å². The normalized spacial score (nSPS) is 20.3. The Hall–Kier alpha value is -0.120. The van der Waals surface area contributed by atoms with Gasteiger partial charge in [0.05, 0.1) is 12.7 Å². The Balaban J connectivity index is 2.35. The molecule has 0 saturated heterocycles. The Morgan fingerprint density at radius 2 is 1.78 bits per heavy atom. The Morgan fingerprint density at radius 3 is 2.28 bits per heavy atom. The highest BCUT2D eigenvalue weighted by atomic mass is 16.5. The number of rotatable bonds is 7. The van der Waals surface area contributed by atoms with Crippen LogP contribution in [0.3, 0.4) is 0 Å². The highest BCUT2D eigenvalue weighted by molar-refractivity contribution is 4.83. The van der Waals surface area contributed by atoms with Gasteiger partial charge in [-0.2, -0.15) is 0 Å². The molecule has 1 N–H and O–H groups in total. The van der Waals surface area contributed by atoms with Gasteiger partial charge in [0.15, 0.2) is 0 Å². The molecule has 0 aromatic heterocycles. The maximum atomic E-state index is 9.77. The van der Waals surface area contributed by atoms with Gasteiger partial charge >= 0.3 is 0 Å². The topological polar surface area (TPSA) is 32.7 Å². The van der Waals surface area contributed by atoms with Crippen molar-refractivity contribution >= 4 is 0 Å². The van der Waals surface area contributed by atoms with Crippen LogP contribution in [0.25, 0.3) is 0 Å². The molecule has 0 spiro atoms. The minimum atomic E-state index is 0.142. The van der Waals surface area contributed by atoms with Crippen LogP contribution in [0.15, 0.2) is 0 Å². The van der Waals surface area contributed by atoms with Crippen molar-refractivity contribution in [3.8, 4) is 0 Å². The largest absolute Gasteiger partial charge is 0.396 e. The van der Waals surface area contributed by atoms with Gasteiger partial charge in [-0.1, -0.05) is 25.7 Å². The molecule has 1 aliphatic carbocycles. The van der Waals surface area contributed by atoms with Crippen LogP contribution in [0.2, 0.25) is 0 Å². The second-order valence-electron chi connectivity index (χ2n) is 6.23. The van der Waals surface area contributed by atoms with Crippen LogP contribution in [0.4, 0.5) is 0 Å². The highest BCUT2D eigenvalue weighted by Gasteiger charge is 2.31. The Kier molecular flexibility index (Phi) is 7.20. The van der Waals surface area contributed by atoms with Gasteiger partial charge in [0.2, 0.25) is 0 Å². The summed E-state index contributed by atoms with van der Waals surface area (Å²) in [5.41, 5.74) is 0.142. The Bertz CT molecular complexity index is 211. The molecule has 0 bridgehead atoms. The summed E-state index contributed by atoms with van der Waals surface area (Å²) in [6.07, 6.45) is 7.89. The van der Waals surface area contributed by atoms with Crippen molar-refractivity contribution in [2.45, 2.75) is 58.5 Å². The number of hydrogen-bond acceptors (Lipinski definition) is 3. The maximum absolute atomic E-state index is 9.77. The summed E-state index contributed by atoms with van der Waals surface area (Å²) in [6.45, 7) is 7.23. The van der Waals surface area contributed by atoms with Crippen LogP contribution in [0.1, 0.15) is 52.4 Å². The fourth-order valence-corrected chi connectivity index (χ4v) is 2.94. The summed E-state index contributed by atoms with van der Waals surface area (Å²) in [5.74, 6) is 0. The van der Waals surface area contributed by atoms with E-state index in [1.807, 2.05) is 0 Å². The second-order valence-corrected chi connectivity index (χ2v) is 6.23. The maximum Gasteiger partial charge on any atom is 0.0596 e. The van der Waals surface area contributed by atoms with Crippen molar-refractivity contribution in [2.24, 2.45) is 5.41 Å². The summed E-state index contributed by atoms with van der Waals surface area (Å²) < 4.78 is 5.59. The van der Waals surface area contributed by atoms with Crippen LogP contribution in [-0.4, -0.2) is 49.5 Å². The molecule has 18 heavy (non-hydrogen) atoms. The quantitative estimate of drug-likeness (QED) is 0.712. The van der Waals surface area contributed by atoms with Crippen molar-refractivity contribution in [1.29, 1.82) is 0 Å². The number of nitrogens with zero attached hydrogens (tertiary/aromatic N) is 1. The van der Waals surface area contributed by atoms with Gasteiger partial charge in [-0.15, -0.1) is 0 Å². The molecule has 0 aliphatic heterocycles. The van der Waals surface area contributed by atoms with Gasteiger partial charge in [-0.3, -0.25) is 0 Å². The molecule has 108 valence electrons. The van der Waals surface area contributed by atoms with E-state index in [1.165, 1.54) is 38.5 Å². The third-order valence-corrected chi connectivity index (χ3v) is 4.03. The van der Waals surface area contributed by atoms with Crippen molar-refractivity contribution < 1.29 is 9.84 Å². The van der Waals surface area contributed by atoms with Crippen molar-refractivity contribution in [3.05, 3.63) is 0 Å². The average molecular weight is 257 g/mol. The first-order chi connectivity index (χ1) is 8.58. The van der Waals surface area contributed by atoms with E-state index in [2.05, 4.69) is 25.8 Å². The number of likely N-dealkylation sites (N-methyl/N-ethyl adjacent to an activating group) is 1. The van der Waals surface area contributed by atoms with Gasteiger partial charge in [-0.05, 0) is 33.7 Å². The van der Waals surface area contributed by atoms with Crippen LogP contribution >= 0.6 is 0 Å². The molecule has 3 nitrogen and oxygen atoms in total. The first kappa shape index (κ1) is 15.9. The SMILES string of the molecule is CC(C)OCCN(C)CC1(CO)CCCCCC1. The highest BCUT2D eigenvalue weighted by Crippen LogP contribution is 2.35. The lowest BCUT2D eigenvalue weighted by Crippen LogP contribution is -2.39. The molecule has 0 heterocycles. The summed E-state index contributed by atoms with van der Waals surface area (Å²) in [6, 6.07) is 0. The van der Waals surface area contributed by atoms with E-state index in [0.717, 1.165) is 19.7 Å². The smallest absolute Gasteiger partial charge is 0.0596 e. The summed E-state index contributed by atoms with van der Waals surface area (Å²) in [4.78, 5) is 2.32. The van der Waals surface area contributed by atoms with Crippen LogP contribution < -0.4 is 0 Å². The third kappa shape index (κ3) is 5.68. The first-order valence-corrected chi connectivity index (χ1v) is 7.49. The van der Waals surface area contributed by atoms with Gasteiger partial charge in [0.25, 0.3) is 0 Å². The monoisotopic (exact) mass is 257 g/mol. The van der Waals surface area contributed by atoms with E-state index in [-0.39, 0.29) is 5.41 Å². The molecule has 1 aliphatic rings. The predicted octanol–water partition coefficient (Wildman–Crippen LogP) is 2.68. The summed E-state index contributed by atoms with van der Waals surface area (Å²) >= 11 is 0. The minimum absolute atomic E-state index is 0.142. The number of aliphatic hydroxyl groups excluding tert-OH is 1. The number of ether oxygens (including phenoxy) is 1. The Labute approximate surface area is 113 Å². The van der Waals surface area contributed by atoms with E-state index < -0.39 is 0 Å². The minimum Gasteiger partial charge on any atom is -0.396 e. The lowest BCUT2D eigenvalue weighted by molar-refractivity contribution is 0.0350. The molecule has 1 rings (SSSR count). The fraction of sp³-hybridized carbons (Fsp3) is 1.00. The average Bonchev–Trinajstić information content (AvgIpc) is 2.55. The standard InChI is InChI=1S/C15H31NO2/c1-14(2)18-11-10-16(3)12-15(13-17)8-6-4-5-7-9-15/h14,17H,4-13H2,1-3H3. The number of hydrogen-bond donors (Lipinski definition) is 1. The first-order valence-electron chi connectivity index (χ1n) is 7.49. The zero-order chi connectivity index (χ0) is 13.4. The van der Waals surface area contributed by atoms with Crippen molar-refractivity contribution in [3.63, 3.8) is 0 Å². The van der Waals surface area contributed by atoms with Crippen molar-refractivity contribution in [1.82, 2.24) is 4.90 Å². The molecule has 1 saturated carbocycles. The Morgan fingerprint density at radius 1 is 1.17 bits per heavy atom. The van der Waals surface area contributed by atoms with Crippen molar-refractivity contribution in [2.75, 3.05) is 33.4 Å². The lowest BCUT2D eigenvalue weighted by Gasteiger charge is -2.35. The van der Waals surface area contributed by atoms with E-state index in [0.29, 0.717) is 12.7 Å². The molecular weight excluding hydrogens is 226 g/mol. The van der Waals surface area contributed by atoms with Gasteiger partial charge in [0, 0.05) is 25.1 Å². The third-order valence-electron chi connectivity index (χ3n) is 4.03. The van der Waals surface area contributed by atoms with Crippen LogP contribution in [0.5, 0.6) is 0 Å². The van der Waals surface area contributed by atoms with E-state index >= 15 is 0 Å². The number of aliphatic hydroxyl groups is 1. The summed E-state index contributed by atoms with van der Waals surface area (Å²) in [7, 11) is 2.14. The van der Waals surface area contributed by atoms with E-state index in [4.69, 9.17) is 4.74 Å². The van der Waals surface area contributed by atoms with E-state index in [1.54, 1.807) is 0 Å². The molecule has 0 unspecified atom stereocenters. The molecule has 0 amide bonds. The fourth-order valence-electron chi connectivity index (χ4n) is 2.94. The van der Waals surface area contributed by atoms with Gasteiger partial charge in [-0.25, -0.2) is 0 Å². The van der Waals surface area contributed by atoms with E-state index in [9.17, 15) is 5.11 Å². The second kappa shape index (κ2) is 8.13. The van der Waals surface area contributed by atoms with Gasteiger partial charge < -0.3 is 14.7 Å². The molecule has 0 atom stereocenters. The molecule has 3 heteroatoms. The van der Waals surface area contributed by atoms with Gasteiger partial charge in [0.1, 0.15) is 0 Å². The zero-order valence-electron chi connectivity index (χ0n) is 12.5. The molecular formula is C15H31NO2. The molecule has 0 aromatic carbocycles. The predicted molar refractivity (Wildman–Crippen MR) is 75.8 cm³/mol. The molecule has 1 fully saturated rings. The zero-order valence-corrected chi connectivity index (χ0v) is 12.5. The summed E-state index contributed by atoms with van der Waals surface area (Å²) in [5, 5.41) is 9.77. The lowest BCUT2D eigenvalue weighted by atomic mass is 9.80. The van der Waals surface area contributed by atoms with Crippen LogP contribution in [0, 0.1) is 5.41 Å².